The molecule has 1 atom stereocenters. The largest absolute Gasteiger partial charge is 0.462 e. The van der Waals surface area contributed by atoms with Gasteiger partial charge in [0.05, 0.1) is 95.2 Å². The highest BCUT2D eigenvalue weighted by molar-refractivity contribution is 9.09. The normalized spacial score (nSPS) is 13.5. The predicted octanol–water partition coefficient (Wildman–Crippen LogP) is 21.8. The topological polar surface area (TPSA) is 451 Å². The first-order chi connectivity index (χ1) is 69.3. The fraction of sp³-hybridized carbons (Fsp3) is 0.577. The fourth-order valence-corrected chi connectivity index (χ4v) is 16.8. The molecule has 10 rings (SSSR count). The van der Waals surface area contributed by atoms with E-state index in [0.717, 1.165) is 149 Å². The van der Waals surface area contributed by atoms with Crippen LogP contribution >= 0.6 is 31.9 Å². The summed E-state index contributed by atoms with van der Waals surface area (Å²) in [6, 6.07) is 4.27. The number of aldehydes is 1. The van der Waals surface area contributed by atoms with E-state index in [2.05, 4.69) is 105 Å². The van der Waals surface area contributed by atoms with Crippen molar-refractivity contribution >= 4 is 133 Å². The molecular formula is C111H161Br2FN10O24. The third kappa shape index (κ3) is 37.9. The Morgan fingerprint density at radius 2 is 0.851 bits per heavy atom. The SMILES string of the molecule is CCN(CC)CCN1CCCCc2[nH]c(/C=C3\C(=O)Nc4ccc(F)cc43)c(C)c2C1=O.CCOC(=O)c1c(/C=C/CCBr)[nH]c(C(=O)OC(C)(C)C)c1C.CCOC(=O)c1c(C(O)C2CC2)[nH]c(C(=O)OC(C)(C)C)c1C.CCOC(=O)c1c(C=O)[nH]c(C(=O)OC(C)(C)C)c1C.CCOC(=O)c1c(CCCCBr)[nH]c(C(=O)OC(C)(C)C)c1C.CCOC(=O)c1c(CCCCN(CC)CC)[nH]c(C(=O)OC(C)(C)C)c1C. The number of allylic oxidation sites excluding steroid dienone is 1. The van der Waals surface area contributed by atoms with Gasteiger partial charge < -0.3 is 102 Å². The third-order valence-corrected chi connectivity index (χ3v) is 24.4. The van der Waals surface area contributed by atoms with E-state index in [1.54, 1.807) is 150 Å². The Balaban J connectivity index is 0.000000314. The Morgan fingerprint density at radius 3 is 1.26 bits per heavy atom. The number of halogens is 3. The minimum Gasteiger partial charge on any atom is -0.462 e. The van der Waals surface area contributed by atoms with E-state index in [1.165, 1.54) is 12.1 Å². The first-order valence-electron chi connectivity index (χ1n) is 51.2. The van der Waals surface area contributed by atoms with Crippen LogP contribution in [-0.4, -0.2) is 252 Å². The summed E-state index contributed by atoms with van der Waals surface area (Å²) in [5.41, 5.74) is 9.45. The summed E-state index contributed by atoms with van der Waals surface area (Å²) in [5, 5.41) is 14.9. The zero-order chi connectivity index (χ0) is 112. The number of benzene rings is 1. The number of unbranched alkanes of at least 4 members (excludes halogenated alkanes) is 2. The summed E-state index contributed by atoms with van der Waals surface area (Å²) in [7, 11) is 0. The number of aliphatic hydroxyl groups excluding tert-OH is 1. The van der Waals surface area contributed by atoms with Crippen LogP contribution in [0.5, 0.6) is 0 Å². The summed E-state index contributed by atoms with van der Waals surface area (Å²) >= 11 is 6.74. The number of nitrogens with zero attached hydrogens (tertiary/aromatic N) is 3. The van der Waals surface area contributed by atoms with Crippen molar-refractivity contribution in [1.82, 2.24) is 44.6 Å². The fourth-order valence-electron chi connectivity index (χ4n) is 16.1. The molecule has 1 aliphatic carbocycles. The van der Waals surface area contributed by atoms with Crippen LogP contribution in [0.2, 0.25) is 0 Å². The van der Waals surface area contributed by atoms with Crippen molar-refractivity contribution in [2.24, 2.45) is 5.92 Å². The highest BCUT2D eigenvalue weighted by atomic mass is 79.9. The maximum Gasteiger partial charge on any atom is 0.355 e. The van der Waals surface area contributed by atoms with Gasteiger partial charge in [-0.1, -0.05) is 65.6 Å². The number of aromatic amines is 6. The number of aromatic nitrogens is 6. The van der Waals surface area contributed by atoms with Crippen LogP contribution in [0.4, 0.5) is 10.1 Å². The average molecular weight is 2200 g/mol. The summed E-state index contributed by atoms with van der Waals surface area (Å²) in [5.74, 6) is -5.44. The van der Waals surface area contributed by atoms with Crippen LogP contribution in [0.25, 0.3) is 17.7 Å². The summed E-state index contributed by atoms with van der Waals surface area (Å²) in [6.07, 6.45) is 15.7. The number of H-pyrrole nitrogens is 6. The van der Waals surface area contributed by atoms with Crippen LogP contribution in [0.1, 0.15) is 428 Å². The zero-order valence-electron chi connectivity index (χ0n) is 92.6. The molecule has 0 bridgehead atoms. The molecule has 0 radical (unpaired) electrons. The second kappa shape index (κ2) is 58.6. The zero-order valence-corrected chi connectivity index (χ0v) is 95.8. The van der Waals surface area contributed by atoms with Gasteiger partial charge in [-0.25, -0.2) is 52.3 Å². The number of fused-ring (bicyclic) bond motifs is 2. The van der Waals surface area contributed by atoms with E-state index >= 15 is 0 Å². The van der Waals surface area contributed by atoms with Crippen molar-refractivity contribution in [2.75, 3.05) is 101 Å². The lowest BCUT2D eigenvalue weighted by molar-refractivity contribution is -0.110. The standard InChI is InChI=1S/C25H31FN4O2.C21H36N2O4.C17H26BrNO4.C17H24BrNO4.C17H25NO5.C14H19NO5/c1-4-29(5-2)12-13-30-11-7-6-8-21-23(25(30)32)16(3)22(27-21)15-19-18-14-17(26)9-10-20(18)28-24(19)31;1-8-23(9-2)14-12-11-13-16-17(19(24)26-10-3)15(4)18(22-16)20(25)27-21(5,6)7;2*1-6-22-15(20)13-11(2)14(16(21)23-17(3,4)5)19-12(13)9-7-8-10-18;1-6-22-15(20)11-9(2)12(16(21)23-17(3,4)5)18-13(11)14(19)10-7-8-10;1-6-19-12(17)10-8(2)11(15-9(10)7-16)13(18)20-14(3,4)5/h9-10,14-15,27H,4-8,11-13H2,1-3H3,(H,28,31);22H,8-14H2,1-7H3;19H,6-10H2,1-5H3;7,9,19H,6,8,10H2,1-5H3;10,14,18-19H,6-8H2,1-5H3;7,15H,6H2,1-5H3/b19-15-;;;9-7+;;. The van der Waals surface area contributed by atoms with E-state index < -0.39 is 87.8 Å². The number of amides is 2. The lowest BCUT2D eigenvalue weighted by atomic mass is 10.0. The summed E-state index contributed by atoms with van der Waals surface area (Å²) in [4.78, 5) is 184. The third-order valence-electron chi connectivity index (χ3n) is 23.4. The molecule has 34 nitrogen and oxygen atoms in total. The maximum absolute atomic E-state index is 13.8. The Kier molecular flexibility index (Phi) is 50.2. The molecule has 0 saturated heterocycles. The van der Waals surface area contributed by atoms with Gasteiger partial charge in [0, 0.05) is 64.3 Å². The molecular weight excluding hydrogens is 2040 g/mol. The molecule has 8 N–H and O–H groups in total. The van der Waals surface area contributed by atoms with Crippen LogP contribution < -0.4 is 5.32 Å². The molecule has 6 aromatic heterocycles. The molecule has 2 aliphatic heterocycles. The lowest BCUT2D eigenvalue weighted by Crippen LogP contribution is -2.40. The van der Waals surface area contributed by atoms with E-state index in [-0.39, 0.29) is 83.2 Å². The summed E-state index contributed by atoms with van der Waals surface area (Å²) < 4.78 is 66.0. The molecule has 1 saturated carbocycles. The number of anilines is 1. The van der Waals surface area contributed by atoms with Gasteiger partial charge in [0.1, 0.15) is 62.3 Å². The second-order valence-electron chi connectivity index (χ2n) is 40.7. The summed E-state index contributed by atoms with van der Waals surface area (Å²) in [6.45, 7) is 63.1. The molecule has 0 spiro atoms. The highest BCUT2D eigenvalue weighted by Crippen LogP contribution is 2.43. The number of likely N-dealkylation sites (N-methyl/N-ethyl adjacent to an activating group) is 1. The van der Waals surface area contributed by atoms with Crippen LogP contribution in [0.15, 0.2) is 24.3 Å². The molecule has 8 heterocycles. The van der Waals surface area contributed by atoms with Gasteiger partial charge in [0.15, 0.2) is 6.29 Å². The van der Waals surface area contributed by atoms with E-state index in [1.807, 2.05) is 59.4 Å². The van der Waals surface area contributed by atoms with Crippen molar-refractivity contribution in [3.63, 3.8) is 0 Å². The molecule has 1 fully saturated rings. The van der Waals surface area contributed by atoms with Gasteiger partial charge in [-0.15, -0.1) is 0 Å². The number of hydrogen-bond donors (Lipinski definition) is 8. The number of aryl methyl sites for hydroxylation is 3. The molecule has 1 unspecified atom stereocenters. The molecule has 1 aromatic carbocycles. The van der Waals surface area contributed by atoms with E-state index in [0.29, 0.717) is 129 Å². The van der Waals surface area contributed by atoms with Gasteiger partial charge in [-0.05, 0) is 359 Å². The van der Waals surface area contributed by atoms with E-state index in [9.17, 15) is 71.8 Å². The monoisotopic (exact) mass is 2200 g/mol. The number of carbonyl (C=O) groups is 13. The molecule has 7 aromatic rings. The molecule has 3 aliphatic rings. The van der Waals surface area contributed by atoms with E-state index in [4.69, 9.17) is 47.4 Å². The number of carbonyl (C=O) groups excluding carboxylic acids is 13. The number of hydrogen-bond acceptors (Lipinski definition) is 26. The van der Waals surface area contributed by atoms with Crippen LogP contribution in [0, 0.1) is 53.3 Å². The van der Waals surface area contributed by atoms with Crippen molar-refractivity contribution in [3.8, 4) is 0 Å². The average Bonchev–Trinajstić information content (AvgIpc) is 1.62. The van der Waals surface area contributed by atoms with Gasteiger partial charge >= 0.3 is 59.7 Å². The number of rotatable bonds is 38. The van der Waals surface area contributed by atoms with Crippen molar-refractivity contribution < 1.29 is 119 Å². The minimum absolute atomic E-state index is 0.0156. The van der Waals surface area contributed by atoms with Gasteiger partial charge in [0.2, 0.25) is 0 Å². The molecule has 148 heavy (non-hydrogen) atoms. The van der Waals surface area contributed by atoms with Crippen LogP contribution in [-0.2, 0) is 71.4 Å². The second-order valence-corrected chi connectivity index (χ2v) is 42.3. The molecule has 820 valence electrons. The van der Waals surface area contributed by atoms with Gasteiger partial charge in [0.25, 0.3) is 11.8 Å². The number of alkyl halides is 2. The van der Waals surface area contributed by atoms with Crippen molar-refractivity contribution in [2.45, 2.75) is 319 Å². The Morgan fingerprint density at radius 1 is 0.466 bits per heavy atom. The van der Waals surface area contributed by atoms with Gasteiger partial charge in [-0.2, -0.15) is 0 Å². The maximum atomic E-state index is 13.8. The minimum atomic E-state index is -0.802. The Labute approximate surface area is 888 Å². The lowest BCUT2D eigenvalue weighted by Gasteiger charge is -2.28. The smallest absolute Gasteiger partial charge is 0.355 e. The first kappa shape index (κ1) is 127. The number of esters is 10. The van der Waals surface area contributed by atoms with Crippen molar-refractivity contribution in [1.29, 1.82) is 0 Å². The molecule has 2 amide bonds. The van der Waals surface area contributed by atoms with Crippen LogP contribution in [0.3, 0.4) is 0 Å². The number of nitrogens with one attached hydrogen (secondary N) is 7. The molecule has 37 heteroatoms. The predicted molar refractivity (Wildman–Crippen MR) is 576 cm³/mol. The highest BCUT2D eigenvalue weighted by Gasteiger charge is 2.40. The Hall–Kier alpha value is -11.5. The Bertz CT molecular complexity index is 5770. The quantitative estimate of drug-likeness (QED) is 0.00445. The number of ether oxygens (including phenoxy) is 10. The van der Waals surface area contributed by atoms with Gasteiger partial charge in [-0.3, -0.25) is 14.4 Å². The van der Waals surface area contributed by atoms with Crippen molar-refractivity contribution in [3.05, 3.63) is 171 Å². The number of aliphatic hydroxyl groups is 1. The first-order valence-corrected chi connectivity index (χ1v) is 53.4.